The summed E-state index contributed by atoms with van der Waals surface area (Å²) in [4.78, 5) is 25.2. The molecule has 0 bridgehead atoms. The van der Waals surface area contributed by atoms with E-state index >= 15 is 0 Å². The zero-order valence-corrected chi connectivity index (χ0v) is 20.6. The van der Waals surface area contributed by atoms with Gasteiger partial charge < -0.3 is 20.1 Å². The lowest BCUT2D eigenvalue weighted by Crippen LogP contribution is -2.20. The predicted molar refractivity (Wildman–Crippen MR) is 138 cm³/mol. The summed E-state index contributed by atoms with van der Waals surface area (Å²) in [6.45, 7) is 5.56. The highest BCUT2D eigenvalue weighted by Gasteiger charge is 2.26. The van der Waals surface area contributed by atoms with Crippen molar-refractivity contribution < 1.29 is 19.1 Å². The summed E-state index contributed by atoms with van der Waals surface area (Å²) in [5.74, 6) is -1.03. The molecule has 0 atom stereocenters. The molecule has 0 amide bonds. The minimum Gasteiger partial charge on any atom is -0.462 e. The first-order chi connectivity index (χ1) is 16.4. The fraction of sp³-hybridized carbons (Fsp3) is 0.208. The minimum absolute atomic E-state index is 0.207. The van der Waals surface area contributed by atoms with Crippen molar-refractivity contribution in [3.8, 4) is 0 Å². The highest BCUT2D eigenvalue weighted by molar-refractivity contribution is 7.80. The van der Waals surface area contributed by atoms with E-state index in [-0.39, 0.29) is 23.9 Å². The van der Waals surface area contributed by atoms with Crippen LogP contribution in [0.3, 0.4) is 0 Å². The Bertz CT molecular complexity index is 1190. The lowest BCUT2D eigenvalue weighted by atomic mass is 10.1. The molecule has 0 spiro atoms. The van der Waals surface area contributed by atoms with Gasteiger partial charge in [-0.25, -0.2) is 9.59 Å². The van der Waals surface area contributed by atoms with Crippen LogP contribution in [0.5, 0.6) is 0 Å². The number of carbonyl (C=O) groups is 2. The minimum atomic E-state index is -0.537. The van der Waals surface area contributed by atoms with Gasteiger partial charge in [0.05, 0.1) is 30.2 Å². The smallest absolute Gasteiger partial charge is 0.348 e. The van der Waals surface area contributed by atoms with Crippen molar-refractivity contribution in [1.29, 1.82) is 0 Å². The molecule has 1 heterocycles. The van der Waals surface area contributed by atoms with Crippen molar-refractivity contribution in [1.82, 2.24) is 0 Å². The average Bonchev–Trinajstić information content (AvgIpc) is 3.15. The maximum atomic E-state index is 12.5. The second-order valence-corrected chi connectivity index (χ2v) is 8.29. The number of nitrogens with zero attached hydrogens (tertiary/aromatic N) is 2. The molecule has 176 valence electrons. The quantitative estimate of drug-likeness (QED) is 0.205. The van der Waals surface area contributed by atoms with Crippen LogP contribution in [0, 0.1) is 6.92 Å². The van der Waals surface area contributed by atoms with E-state index in [9.17, 15) is 9.59 Å². The van der Waals surface area contributed by atoms with Crippen molar-refractivity contribution in [3.63, 3.8) is 0 Å². The highest BCUT2D eigenvalue weighted by atomic mass is 32.1. The summed E-state index contributed by atoms with van der Waals surface area (Å²) in [6, 6.07) is 16.7. The van der Waals surface area contributed by atoms with Crippen molar-refractivity contribution in [2.75, 3.05) is 23.8 Å². The number of nitrogens with one attached hydrogen (secondary N) is 2. The Morgan fingerprint density at radius 3 is 2.09 bits per heavy atom. The number of benzene rings is 2. The first-order valence-electron chi connectivity index (χ1n) is 10.5. The van der Waals surface area contributed by atoms with Gasteiger partial charge in [-0.15, -0.1) is 11.3 Å². The number of esters is 2. The fourth-order valence-corrected chi connectivity index (χ4v) is 4.31. The van der Waals surface area contributed by atoms with Gasteiger partial charge in [0, 0.05) is 5.69 Å². The number of azo groups is 1. The molecular weight excluding hydrogens is 472 g/mol. The standard InChI is InChI=1S/C24H24N4O4S2/c1-4-31-22(29)19-15(3)20(23(30)32-5-2)34-21(19)26-24(33)25-16-11-13-18(14-12-16)28-27-17-9-7-6-8-10-17/h6-14H,4-5H2,1-3H3,(H2,25,26,33). The molecule has 0 unspecified atom stereocenters. The molecule has 8 nitrogen and oxygen atoms in total. The van der Waals surface area contributed by atoms with Crippen LogP contribution in [0.1, 0.15) is 39.4 Å². The fourth-order valence-electron chi connectivity index (χ4n) is 2.93. The van der Waals surface area contributed by atoms with E-state index in [1.165, 1.54) is 0 Å². The molecule has 0 fully saturated rings. The van der Waals surface area contributed by atoms with Crippen LogP contribution < -0.4 is 10.6 Å². The molecule has 0 aliphatic heterocycles. The molecular formula is C24H24N4O4S2. The molecule has 34 heavy (non-hydrogen) atoms. The molecule has 10 heteroatoms. The molecule has 2 aromatic carbocycles. The maximum absolute atomic E-state index is 12.5. The van der Waals surface area contributed by atoms with Crippen molar-refractivity contribution in [2.24, 2.45) is 10.2 Å². The largest absolute Gasteiger partial charge is 0.462 e. The van der Waals surface area contributed by atoms with Crippen LogP contribution in [0.25, 0.3) is 0 Å². The summed E-state index contributed by atoms with van der Waals surface area (Å²) < 4.78 is 10.3. The number of thiocarbonyl (C=S) groups is 1. The van der Waals surface area contributed by atoms with Crippen molar-refractivity contribution in [2.45, 2.75) is 20.8 Å². The molecule has 0 saturated heterocycles. The average molecular weight is 497 g/mol. The van der Waals surface area contributed by atoms with E-state index in [0.717, 1.165) is 17.0 Å². The van der Waals surface area contributed by atoms with E-state index in [0.29, 0.717) is 26.8 Å². The number of ether oxygens (including phenoxy) is 2. The number of rotatable bonds is 8. The first kappa shape index (κ1) is 25.0. The van der Waals surface area contributed by atoms with E-state index < -0.39 is 11.9 Å². The summed E-state index contributed by atoms with van der Waals surface area (Å²) in [6.07, 6.45) is 0. The number of hydrogen-bond donors (Lipinski definition) is 2. The Kier molecular flexibility index (Phi) is 8.83. The monoisotopic (exact) mass is 496 g/mol. The second-order valence-electron chi connectivity index (χ2n) is 6.86. The molecule has 2 N–H and O–H groups in total. The Hall–Kier alpha value is -3.63. The van der Waals surface area contributed by atoms with Gasteiger partial charge in [0.25, 0.3) is 0 Å². The molecule has 0 saturated carbocycles. The van der Waals surface area contributed by atoms with E-state index in [2.05, 4.69) is 20.9 Å². The molecule has 1 aromatic heterocycles. The molecule has 0 radical (unpaired) electrons. The van der Waals surface area contributed by atoms with Crippen LogP contribution in [-0.2, 0) is 9.47 Å². The molecule has 3 aromatic rings. The maximum Gasteiger partial charge on any atom is 0.348 e. The van der Waals surface area contributed by atoms with E-state index in [4.69, 9.17) is 21.7 Å². The second kappa shape index (κ2) is 12.0. The molecule has 0 aliphatic rings. The van der Waals surface area contributed by atoms with Gasteiger partial charge in [0.15, 0.2) is 5.11 Å². The Balaban J connectivity index is 1.72. The van der Waals surface area contributed by atoms with Crippen LogP contribution in [-0.4, -0.2) is 30.3 Å². The number of carbonyl (C=O) groups excluding carboxylic acids is 2. The number of hydrogen-bond acceptors (Lipinski definition) is 8. The lowest BCUT2D eigenvalue weighted by molar-refractivity contribution is 0.0527. The third-order valence-corrected chi connectivity index (χ3v) is 5.87. The SMILES string of the molecule is CCOC(=O)c1sc(NC(=S)Nc2ccc(N=Nc3ccccc3)cc2)c(C(=O)OCC)c1C. The van der Waals surface area contributed by atoms with Gasteiger partial charge in [0.2, 0.25) is 0 Å². The Morgan fingerprint density at radius 1 is 0.882 bits per heavy atom. The zero-order chi connectivity index (χ0) is 24.5. The van der Waals surface area contributed by atoms with Gasteiger partial charge in [-0.05, 0) is 75.0 Å². The summed E-state index contributed by atoms with van der Waals surface area (Å²) in [5, 5.41) is 15.1. The Morgan fingerprint density at radius 2 is 1.47 bits per heavy atom. The number of thiophene rings is 1. The van der Waals surface area contributed by atoms with Crippen molar-refractivity contribution in [3.05, 3.63) is 70.6 Å². The van der Waals surface area contributed by atoms with Gasteiger partial charge in [-0.2, -0.15) is 10.2 Å². The summed E-state index contributed by atoms with van der Waals surface area (Å²) in [5.41, 5.74) is 2.91. The predicted octanol–water partition coefficient (Wildman–Crippen LogP) is 6.63. The number of anilines is 2. The summed E-state index contributed by atoms with van der Waals surface area (Å²) >= 11 is 6.51. The van der Waals surface area contributed by atoms with Crippen LogP contribution >= 0.6 is 23.6 Å². The Labute approximate surface area is 207 Å². The highest BCUT2D eigenvalue weighted by Crippen LogP contribution is 2.34. The van der Waals surface area contributed by atoms with Gasteiger partial charge >= 0.3 is 11.9 Å². The topological polar surface area (TPSA) is 101 Å². The van der Waals surface area contributed by atoms with Gasteiger partial charge in [-0.1, -0.05) is 18.2 Å². The third-order valence-electron chi connectivity index (χ3n) is 4.48. The first-order valence-corrected chi connectivity index (χ1v) is 11.8. The summed E-state index contributed by atoms with van der Waals surface area (Å²) in [7, 11) is 0. The van der Waals surface area contributed by atoms with E-state index in [1.54, 1.807) is 32.9 Å². The molecule has 3 rings (SSSR count). The molecule has 0 aliphatic carbocycles. The van der Waals surface area contributed by atoms with Crippen LogP contribution in [0.15, 0.2) is 64.8 Å². The van der Waals surface area contributed by atoms with Gasteiger partial charge in [-0.3, -0.25) is 0 Å². The van der Waals surface area contributed by atoms with Crippen LogP contribution in [0.2, 0.25) is 0 Å². The van der Waals surface area contributed by atoms with Crippen molar-refractivity contribution >= 4 is 62.7 Å². The van der Waals surface area contributed by atoms with E-state index in [1.807, 2.05) is 42.5 Å². The van der Waals surface area contributed by atoms with Crippen LogP contribution in [0.4, 0.5) is 22.1 Å². The van der Waals surface area contributed by atoms with Gasteiger partial charge in [0.1, 0.15) is 9.88 Å². The zero-order valence-electron chi connectivity index (χ0n) is 19.0. The normalized spacial score (nSPS) is 10.7. The third kappa shape index (κ3) is 6.46. The lowest BCUT2D eigenvalue weighted by Gasteiger charge is -2.11.